The summed E-state index contributed by atoms with van der Waals surface area (Å²) in [5.74, 6) is -1.87. The SMILES string of the molecule is CC(=O)NCC(O)C(O)c1c(O)cc(O)cc1O. The Labute approximate surface area is 103 Å². The van der Waals surface area contributed by atoms with Gasteiger partial charge in [-0.25, -0.2) is 0 Å². The lowest BCUT2D eigenvalue weighted by molar-refractivity contribution is -0.119. The maximum absolute atomic E-state index is 10.7. The van der Waals surface area contributed by atoms with Crippen molar-refractivity contribution in [2.24, 2.45) is 0 Å². The Morgan fingerprint density at radius 3 is 2.17 bits per heavy atom. The maximum Gasteiger partial charge on any atom is 0.216 e. The van der Waals surface area contributed by atoms with Crippen LogP contribution in [0.25, 0.3) is 0 Å². The van der Waals surface area contributed by atoms with Gasteiger partial charge in [-0.05, 0) is 0 Å². The molecule has 0 saturated heterocycles. The maximum atomic E-state index is 10.7. The van der Waals surface area contributed by atoms with Gasteiger partial charge in [0.15, 0.2) is 0 Å². The lowest BCUT2D eigenvalue weighted by Crippen LogP contribution is -2.34. The van der Waals surface area contributed by atoms with Gasteiger partial charge in [0.05, 0.1) is 5.56 Å². The number of benzene rings is 1. The van der Waals surface area contributed by atoms with Crippen molar-refractivity contribution < 1.29 is 30.3 Å². The van der Waals surface area contributed by atoms with Gasteiger partial charge in [0.25, 0.3) is 0 Å². The zero-order valence-electron chi connectivity index (χ0n) is 9.66. The molecule has 1 rings (SSSR count). The van der Waals surface area contributed by atoms with Crippen molar-refractivity contribution >= 4 is 5.91 Å². The van der Waals surface area contributed by atoms with Gasteiger partial charge in [-0.15, -0.1) is 0 Å². The molecule has 0 aliphatic rings. The van der Waals surface area contributed by atoms with Crippen LogP contribution in [0.15, 0.2) is 12.1 Å². The summed E-state index contributed by atoms with van der Waals surface area (Å²) in [5, 5.41) is 49.7. The first kappa shape index (κ1) is 14.1. The number of hydrogen-bond acceptors (Lipinski definition) is 6. The van der Waals surface area contributed by atoms with Crippen LogP contribution in [-0.4, -0.2) is 44.1 Å². The van der Waals surface area contributed by atoms with Gasteiger partial charge in [-0.3, -0.25) is 4.79 Å². The Morgan fingerprint density at radius 1 is 1.22 bits per heavy atom. The molecule has 0 heterocycles. The van der Waals surface area contributed by atoms with E-state index in [1.807, 2.05) is 0 Å². The van der Waals surface area contributed by atoms with Gasteiger partial charge in [-0.1, -0.05) is 0 Å². The minimum atomic E-state index is -1.60. The molecule has 0 spiro atoms. The highest BCUT2D eigenvalue weighted by molar-refractivity contribution is 5.72. The first-order chi connectivity index (χ1) is 8.32. The topological polar surface area (TPSA) is 130 Å². The molecule has 2 unspecified atom stereocenters. The van der Waals surface area contributed by atoms with E-state index in [4.69, 9.17) is 5.11 Å². The molecule has 7 nitrogen and oxygen atoms in total. The summed E-state index contributed by atoms with van der Waals surface area (Å²) in [6, 6.07) is 1.84. The van der Waals surface area contributed by atoms with E-state index in [-0.39, 0.29) is 23.8 Å². The Balaban J connectivity index is 2.89. The highest BCUT2D eigenvalue weighted by Gasteiger charge is 2.25. The van der Waals surface area contributed by atoms with E-state index in [0.29, 0.717) is 0 Å². The molecule has 0 aliphatic heterocycles. The van der Waals surface area contributed by atoms with Gasteiger partial charge < -0.3 is 30.8 Å². The van der Waals surface area contributed by atoms with Crippen LogP contribution in [0.2, 0.25) is 0 Å². The third-order valence-electron chi connectivity index (χ3n) is 2.34. The molecular formula is C11H15NO6. The molecule has 1 aromatic rings. The van der Waals surface area contributed by atoms with Crippen molar-refractivity contribution in [1.29, 1.82) is 0 Å². The molecule has 1 aromatic carbocycles. The molecule has 18 heavy (non-hydrogen) atoms. The molecule has 100 valence electrons. The Hall–Kier alpha value is -1.99. The van der Waals surface area contributed by atoms with Crippen LogP contribution in [0.3, 0.4) is 0 Å². The predicted molar refractivity (Wildman–Crippen MR) is 61.1 cm³/mol. The van der Waals surface area contributed by atoms with E-state index in [0.717, 1.165) is 12.1 Å². The van der Waals surface area contributed by atoms with E-state index in [1.165, 1.54) is 6.92 Å². The second-order valence-corrected chi connectivity index (χ2v) is 3.85. The van der Waals surface area contributed by atoms with Gasteiger partial charge in [0, 0.05) is 25.6 Å². The number of carbonyl (C=O) groups excluding carboxylic acids is 1. The normalized spacial score (nSPS) is 13.9. The van der Waals surface area contributed by atoms with E-state index in [9.17, 15) is 25.2 Å². The number of aliphatic hydroxyl groups excluding tert-OH is 2. The summed E-state index contributed by atoms with van der Waals surface area (Å²) in [5.41, 5.74) is -0.314. The number of hydrogen-bond donors (Lipinski definition) is 6. The molecule has 0 fully saturated rings. The van der Waals surface area contributed by atoms with Crippen molar-refractivity contribution in [1.82, 2.24) is 5.32 Å². The van der Waals surface area contributed by atoms with Gasteiger partial charge in [0.2, 0.25) is 5.91 Å². The molecule has 0 bridgehead atoms. The molecule has 0 aliphatic carbocycles. The lowest BCUT2D eigenvalue weighted by Gasteiger charge is -2.20. The molecule has 1 amide bonds. The quantitative estimate of drug-likeness (QED) is 0.424. The largest absolute Gasteiger partial charge is 0.508 e. The smallest absolute Gasteiger partial charge is 0.216 e. The number of aromatic hydroxyl groups is 3. The predicted octanol–water partition coefficient (Wildman–Crippen LogP) is -0.666. The van der Waals surface area contributed by atoms with Crippen LogP contribution >= 0.6 is 0 Å². The lowest BCUT2D eigenvalue weighted by atomic mass is 10.0. The average Bonchev–Trinajstić information content (AvgIpc) is 2.24. The summed E-state index contributed by atoms with van der Waals surface area (Å²) < 4.78 is 0. The second-order valence-electron chi connectivity index (χ2n) is 3.85. The molecule has 6 N–H and O–H groups in total. The zero-order chi connectivity index (χ0) is 13.9. The summed E-state index contributed by atoms with van der Waals surface area (Å²) >= 11 is 0. The van der Waals surface area contributed by atoms with Gasteiger partial charge >= 0.3 is 0 Å². The van der Waals surface area contributed by atoms with Crippen molar-refractivity contribution in [3.8, 4) is 17.2 Å². The van der Waals surface area contributed by atoms with Crippen LogP contribution < -0.4 is 5.32 Å². The number of phenolic OH excluding ortho intramolecular Hbond substituents is 3. The number of carbonyl (C=O) groups is 1. The fourth-order valence-electron chi connectivity index (χ4n) is 1.46. The summed E-state index contributed by atoms with van der Waals surface area (Å²) in [7, 11) is 0. The molecule has 0 radical (unpaired) electrons. The fraction of sp³-hybridized carbons (Fsp3) is 0.364. The summed E-state index contributed by atoms with van der Waals surface area (Å²) in [6.45, 7) is 1.00. The molecule has 2 atom stereocenters. The third kappa shape index (κ3) is 3.25. The number of amides is 1. The molecule has 0 aromatic heterocycles. The van der Waals surface area contributed by atoms with Crippen LogP contribution in [0.5, 0.6) is 17.2 Å². The molecule has 0 saturated carbocycles. The van der Waals surface area contributed by atoms with E-state index in [1.54, 1.807) is 0 Å². The fourth-order valence-corrected chi connectivity index (χ4v) is 1.46. The summed E-state index contributed by atoms with van der Waals surface area (Å²) in [6.07, 6.45) is -3.01. The van der Waals surface area contributed by atoms with Crippen LogP contribution in [-0.2, 0) is 4.79 Å². The molecular weight excluding hydrogens is 242 g/mol. The standard InChI is InChI=1S/C11H15NO6/c1-5(13)12-4-9(17)11(18)10-7(15)2-6(14)3-8(10)16/h2-3,9,11,14-18H,4H2,1H3,(H,12,13). The van der Waals surface area contributed by atoms with Crippen molar-refractivity contribution in [3.05, 3.63) is 17.7 Å². The van der Waals surface area contributed by atoms with Gasteiger partial charge in [0.1, 0.15) is 29.5 Å². The zero-order valence-corrected chi connectivity index (χ0v) is 9.66. The summed E-state index contributed by atoms with van der Waals surface area (Å²) in [4.78, 5) is 10.7. The minimum absolute atomic E-state index is 0.240. The van der Waals surface area contributed by atoms with Gasteiger partial charge in [-0.2, -0.15) is 0 Å². The monoisotopic (exact) mass is 257 g/mol. The number of rotatable bonds is 4. The third-order valence-corrected chi connectivity index (χ3v) is 2.34. The van der Waals surface area contributed by atoms with E-state index >= 15 is 0 Å². The highest BCUT2D eigenvalue weighted by atomic mass is 16.3. The Kier molecular flexibility index (Phi) is 4.35. The van der Waals surface area contributed by atoms with E-state index in [2.05, 4.69) is 5.32 Å². The number of nitrogens with one attached hydrogen (secondary N) is 1. The average molecular weight is 257 g/mol. The Bertz CT molecular complexity index is 424. The van der Waals surface area contributed by atoms with E-state index < -0.39 is 23.7 Å². The van der Waals surface area contributed by atoms with Crippen molar-refractivity contribution in [2.45, 2.75) is 19.1 Å². The number of phenols is 3. The van der Waals surface area contributed by atoms with Crippen LogP contribution in [0.4, 0.5) is 0 Å². The molecule has 7 heteroatoms. The van der Waals surface area contributed by atoms with Crippen molar-refractivity contribution in [3.63, 3.8) is 0 Å². The number of aliphatic hydroxyl groups is 2. The van der Waals surface area contributed by atoms with Crippen LogP contribution in [0, 0.1) is 0 Å². The first-order valence-corrected chi connectivity index (χ1v) is 5.18. The minimum Gasteiger partial charge on any atom is -0.508 e. The first-order valence-electron chi connectivity index (χ1n) is 5.18. The highest BCUT2D eigenvalue weighted by Crippen LogP contribution is 2.37. The Morgan fingerprint density at radius 2 is 1.72 bits per heavy atom. The second kappa shape index (κ2) is 5.56. The van der Waals surface area contributed by atoms with Crippen molar-refractivity contribution in [2.75, 3.05) is 6.54 Å². The van der Waals surface area contributed by atoms with Crippen LogP contribution in [0.1, 0.15) is 18.6 Å².